The normalized spacial score (nSPS) is 16.4. The molecule has 29 heavy (non-hydrogen) atoms. The van der Waals surface area contributed by atoms with Gasteiger partial charge in [0.2, 0.25) is 0 Å². The first kappa shape index (κ1) is 18.9. The van der Waals surface area contributed by atoms with Crippen LogP contribution in [0.5, 0.6) is 0 Å². The molecule has 0 radical (unpaired) electrons. The number of pyridine rings is 1. The fourth-order valence-electron chi connectivity index (χ4n) is 3.97. The molecule has 6 nitrogen and oxygen atoms in total. The molecule has 0 aliphatic carbocycles. The van der Waals surface area contributed by atoms with Gasteiger partial charge < -0.3 is 15.2 Å². The summed E-state index contributed by atoms with van der Waals surface area (Å²) >= 11 is 0. The summed E-state index contributed by atoms with van der Waals surface area (Å²) in [5.41, 5.74) is 11.2. The number of benzene rings is 1. The Hall–Kier alpha value is -3.43. The number of piperidine rings is 1. The minimum atomic E-state index is -0.00199. The van der Waals surface area contributed by atoms with Crippen molar-refractivity contribution in [2.45, 2.75) is 18.9 Å². The van der Waals surface area contributed by atoms with Gasteiger partial charge in [0, 0.05) is 49.7 Å². The smallest absolute Gasteiger partial charge is 0.270 e. The van der Waals surface area contributed by atoms with E-state index in [0.29, 0.717) is 17.8 Å². The van der Waals surface area contributed by atoms with Gasteiger partial charge in [0.05, 0.1) is 17.3 Å². The van der Waals surface area contributed by atoms with E-state index in [0.717, 1.165) is 41.8 Å². The van der Waals surface area contributed by atoms with Crippen molar-refractivity contribution in [1.29, 1.82) is 5.26 Å². The third-order valence-electron chi connectivity index (χ3n) is 5.48. The Labute approximate surface area is 170 Å². The van der Waals surface area contributed by atoms with Crippen LogP contribution in [0.25, 0.3) is 22.4 Å². The van der Waals surface area contributed by atoms with Gasteiger partial charge in [-0.25, -0.2) is 0 Å². The van der Waals surface area contributed by atoms with Crippen LogP contribution in [0.1, 0.15) is 28.9 Å². The number of carbonyl (C=O) groups is 1. The molecule has 2 N–H and O–H groups in total. The number of hydrogen-bond donors (Lipinski definition) is 1. The largest absolute Gasteiger partial charge is 0.339 e. The maximum absolute atomic E-state index is 13.3. The lowest BCUT2D eigenvalue weighted by atomic mass is 10.0. The number of likely N-dealkylation sites (tertiary alicyclic amines) is 1. The van der Waals surface area contributed by atoms with E-state index in [2.05, 4.69) is 11.1 Å². The summed E-state index contributed by atoms with van der Waals surface area (Å²) in [7, 11) is 1.92. The van der Waals surface area contributed by atoms with Crippen molar-refractivity contribution in [3.05, 3.63) is 66.1 Å². The Morgan fingerprint density at radius 1 is 1.17 bits per heavy atom. The van der Waals surface area contributed by atoms with Crippen molar-refractivity contribution < 1.29 is 4.79 Å². The molecule has 6 heteroatoms. The van der Waals surface area contributed by atoms with E-state index >= 15 is 0 Å². The first-order valence-electron chi connectivity index (χ1n) is 9.74. The Morgan fingerprint density at radius 2 is 1.90 bits per heavy atom. The standard InChI is InChI=1S/C23H23N5O/c1-27-21(23(29)28-12-2-3-19(25)15-28)13-20(17-6-4-16(14-24)5-7-17)22(27)18-8-10-26-11-9-18/h4-11,13,19H,2-3,12,15,25H2,1H3. The molecule has 3 heterocycles. The molecule has 3 aromatic rings. The summed E-state index contributed by atoms with van der Waals surface area (Å²) < 4.78 is 1.95. The van der Waals surface area contributed by atoms with Crippen LogP contribution in [0, 0.1) is 11.3 Å². The van der Waals surface area contributed by atoms with Crippen LogP contribution >= 0.6 is 0 Å². The lowest BCUT2D eigenvalue weighted by Gasteiger charge is -2.30. The highest BCUT2D eigenvalue weighted by molar-refractivity contribution is 5.97. The predicted octanol–water partition coefficient (Wildman–Crippen LogP) is 3.19. The fourth-order valence-corrected chi connectivity index (χ4v) is 3.97. The van der Waals surface area contributed by atoms with Gasteiger partial charge in [-0.3, -0.25) is 9.78 Å². The Balaban J connectivity index is 1.82. The van der Waals surface area contributed by atoms with Gasteiger partial charge in [0.1, 0.15) is 5.69 Å². The second-order valence-corrected chi connectivity index (χ2v) is 7.43. The highest BCUT2D eigenvalue weighted by atomic mass is 16.2. The fraction of sp³-hybridized carbons (Fsp3) is 0.261. The van der Waals surface area contributed by atoms with E-state index < -0.39 is 0 Å². The molecule has 0 saturated carbocycles. The van der Waals surface area contributed by atoms with Gasteiger partial charge in [0.15, 0.2) is 0 Å². The predicted molar refractivity (Wildman–Crippen MR) is 112 cm³/mol. The molecule has 1 aliphatic heterocycles. The maximum atomic E-state index is 13.3. The van der Waals surface area contributed by atoms with E-state index in [4.69, 9.17) is 11.0 Å². The lowest BCUT2D eigenvalue weighted by molar-refractivity contribution is 0.0699. The van der Waals surface area contributed by atoms with Crippen LogP contribution in [0.15, 0.2) is 54.9 Å². The maximum Gasteiger partial charge on any atom is 0.270 e. The lowest BCUT2D eigenvalue weighted by Crippen LogP contribution is -2.46. The quantitative estimate of drug-likeness (QED) is 0.750. The van der Waals surface area contributed by atoms with Crippen LogP contribution < -0.4 is 5.73 Å². The molecule has 1 aliphatic rings. The molecule has 1 fully saturated rings. The summed E-state index contributed by atoms with van der Waals surface area (Å²) in [5.74, 6) is -0.00199. The topological polar surface area (TPSA) is 87.9 Å². The summed E-state index contributed by atoms with van der Waals surface area (Å²) in [6, 6.07) is 15.4. The first-order valence-corrected chi connectivity index (χ1v) is 9.74. The molecule has 1 saturated heterocycles. The van der Waals surface area contributed by atoms with E-state index in [1.54, 1.807) is 24.5 Å². The monoisotopic (exact) mass is 385 g/mol. The van der Waals surface area contributed by atoms with E-state index in [-0.39, 0.29) is 11.9 Å². The number of nitrogens with zero attached hydrogens (tertiary/aromatic N) is 4. The third kappa shape index (κ3) is 3.65. The second kappa shape index (κ2) is 7.90. The number of amides is 1. The highest BCUT2D eigenvalue weighted by Crippen LogP contribution is 2.35. The molecular formula is C23H23N5O. The minimum absolute atomic E-state index is 0.00199. The minimum Gasteiger partial charge on any atom is -0.339 e. The van der Waals surface area contributed by atoms with E-state index in [1.807, 2.05) is 46.8 Å². The number of nitrogens with two attached hydrogens (primary N) is 1. The van der Waals surface area contributed by atoms with E-state index in [9.17, 15) is 4.79 Å². The summed E-state index contributed by atoms with van der Waals surface area (Å²) in [5, 5.41) is 9.10. The van der Waals surface area contributed by atoms with Crippen LogP contribution in [-0.4, -0.2) is 39.5 Å². The molecule has 1 atom stereocenters. The first-order chi connectivity index (χ1) is 14.1. The number of aromatic nitrogens is 2. The number of rotatable bonds is 3. The van der Waals surface area contributed by atoms with Crippen molar-refractivity contribution in [3.63, 3.8) is 0 Å². The van der Waals surface area contributed by atoms with Crippen LogP contribution in [0.3, 0.4) is 0 Å². The molecule has 1 aromatic carbocycles. The molecule has 1 unspecified atom stereocenters. The zero-order valence-corrected chi connectivity index (χ0v) is 16.4. The highest BCUT2D eigenvalue weighted by Gasteiger charge is 2.27. The average molecular weight is 385 g/mol. The van der Waals surface area contributed by atoms with Crippen molar-refractivity contribution >= 4 is 5.91 Å². The molecule has 0 bridgehead atoms. The molecular weight excluding hydrogens is 362 g/mol. The molecule has 2 aromatic heterocycles. The summed E-state index contributed by atoms with van der Waals surface area (Å²) in [4.78, 5) is 19.3. The van der Waals surface area contributed by atoms with Gasteiger partial charge in [0.25, 0.3) is 5.91 Å². The van der Waals surface area contributed by atoms with Gasteiger partial charge in [-0.2, -0.15) is 5.26 Å². The summed E-state index contributed by atoms with van der Waals surface area (Å²) in [6.45, 7) is 1.31. The zero-order valence-electron chi connectivity index (χ0n) is 16.4. The molecule has 146 valence electrons. The van der Waals surface area contributed by atoms with Crippen molar-refractivity contribution in [2.75, 3.05) is 13.1 Å². The number of nitriles is 1. The molecule has 1 amide bonds. The molecule has 0 spiro atoms. The van der Waals surface area contributed by atoms with Gasteiger partial charge in [-0.1, -0.05) is 12.1 Å². The van der Waals surface area contributed by atoms with Crippen molar-refractivity contribution in [1.82, 2.24) is 14.5 Å². The van der Waals surface area contributed by atoms with E-state index in [1.165, 1.54) is 0 Å². The average Bonchev–Trinajstić information content (AvgIpc) is 3.11. The van der Waals surface area contributed by atoms with Crippen molar-refractivity contribution in [2.24, 2.45) is 12.8 Å². The van der Waals surface area contributed by atoms with Crippen molar-refractivity contribution in [3.8, 4) is 28.5 Å². The number of carbonyl (C=O) groups excluding carboxylic acids is 1. The summed E-state index contributed by atoms with van der Waals surface area (Å²) in [6.07, 6.45) is 5.37. The van der Waals surface area contributed by atoms with Crippen LogP contribution in [0.4, 0.5) is 0 Å². The van der Waals surface area contributed by atoms with Gasteiger partial charge in [-0.15, -0.1) is 0 Å². The molecule has 4 rings (SSSR count). The number of hydrogen-bond acceptors (Lipinski definition) is 4. The van der Waals surface area contributed by atoms with Crippen LogP contribution in [0.2, 0.25) is 0 Å². The third-order valence-corrected chi connectivity index (χ3v) is 5.48. The second-order valence-electron chi connectivity index (χ2n) is 7.43. The zero-order chi connectivity index (χ0) is 20.4. The Bertz CT molecular complexity index is 1060. The Kier molecular flexibility index (Phi) is 5.15. The SMILES string of the molecule is Cn1c(C(=O)N2CCCC(N)C2)cc(-c2ccc(C#N)cc2)c1-c1ccncc1. The Morgan fingerprint density at radius 3 is 2.55 bits per heavy atom. The van der Waals surface area contributed by atoms with Gasteiger partial charge in [-0.05, 0) is 48.7 Å². The van der Waals surface area contributed by atoms with Crippen LogP contribution in [-0.2, 0) is 7.05 Å². The van der Waals surface area contributed by atoms with Gasteiger partial charge >= 0.3 is 0 Å².